The van der Waals surface area contributed by atoms with Crippen LogP contribution in [0.15, 0.2) is 22.7 Å². The maximum Gasteiger partial charge on any atom is 0.387 e. The van der Waals surface area contributed by atoms with E-state index in [1.807, 2.05) is 6.92 Å². The molecule has 18 heavy (non-hydrogen) atoms. The van der Waals surface area contributed by atoms with Gasteiger partial charge in [-0.15, -0.1) is 0 Å². The minimum Gasteiger partial charge on any atom is -0.434 e. The average molecular weight is 324 g/mol. The number of aliphatic hydroxyl groups is 1. The van der Waals surface area contributed by atoms with Gasteiger partial charge in [0, 0.05) is 19.2 Å². The second kappa shape index (κ2) is 7.66. The molecule has 1 unspecified atom stereocenters. The van der Waals surface area contributed by atoms with Gasteiger partial charge in [-0.25, -0.2) is 0 Å². The Balaban J connectivity index is 2.56. The molecule has 0 fully saturated rings. The number of alkyl halides is 2. The molecule has 6 heteroatoms. The van der Waals surface area contributed by atoms with Gasteiger partial charge in [0.1, 0.15) is 5.75 Å². The monoisotopic (exact) mass is 323 g/mol. The lowest BCUT2D eigenvalue weighted by Crippen LogP contribution is -2.26. The van der Waals surface area contributed by atoms with Gasteiger partial charge in [0.2, 0.25) is 0 Å². The minimum atomic E-state index is -2.82. The van der Waals surface area contributed by atoms with Crippen LogP contribution in [0.4, 0.5) is 8.78 Å². The molecule has 1 aromatic carbocycles. The third-order valence-electron chi connectivity index (χ3n) is 2.43. The van der Waals surface area contributed by atoms with Crippen molar-refractivity contribution in [3.8, 4) is 5.75 Å². The van der Waals surface area contributed by atoms with Crippen molar-refractivity contribution in [2.45, 2.75) is 32.5 Å². The summed E-state index contributed by atoms with van der Waals surface area (Å²) in [5.74, 6) is 0.122. The fraction of sp³-hybridized carbons (Fsp3) is 0.500. The Kier molecular flexibility index (Phi) is 6.52. The summed E-state index contributed by atoms with van der Waals surface area (Å²) in [6.45, 7) is -0.109. The average Bonchev–Trinajstić information content (AvgIpc) is 2.29. The molecule has 102 valence electrons. The van der Waals surface area contributed by atoms with Crippen LogP contribution in [-0.4, -0.2) is 24.4 Å². The summed E-state index contributed by atoms with van der Waals surface area (Å²) in [5, 5.41) is 12.0. The van der Waals surface area contributed by atoms with Crippen molar-refractivity contribution in [2.24, 2.45) is 0 Å². The van der Waals surface area contributed by atoms with E-state index >= 15 is 0 Å². The van der Waals surface area contributed by atoms with Crippen LogP contribution < -0.4 is 10.1 Å². The fourth-order valence-electron chi connectivity index (χ4n) is 1.43. The SMILES string of the molecule is CC(CCO)NCc1ccc(OC(F)F)c(Br)c1. The highest BCUT2D eigenvalue weighted by Gasteiger charge is 2.09. The van der Waals surface area contributed by atoms with E-state index in [9.17, 15) is 8.78 Å². The first-order valence-electron chi connectivity index (χ1n) is 5.60. The molecule has 0 radical (unpaired) electrons. The Hall–Kier alpha value is -0.720. The van der Waals surface area contributed by atoms with Crippen LogP contribution in [0.2, 0.25) is 0 Å². The number of rotatable bonds is 7. The van der Waals surface area contributed by atoms with Gasteiger partial charge < -0.3 is 15.2 Å². The predicted molar refractivity (Wildman–Crippen MR) is 68.8 cm³/mol. The van der Waals surface area contributed by atoms with Crippen molar-refractivity contribution in [1.82, 2.24) is 5.32 Å². The van der Waals surface area contributed by atoms with Gasteiger partial charge in [0.25, 0.3) is 0 Å². The lowest BCUT2D eigenvalue weighted by atomic mass is 10.2. The van der Waals surface area contributed by atoms with Gasteiger partial charge in [-0.2, -0.15) is 8.78 Å². The Bertz CT molecular complexity index is 377. The maximum atomic E-state index is 12.1. The van der Waals surface area contributed by atoms with Gasteiger partial charge in [0.05, 0.1) is 4.47 Å². The Morgan fingerprint density at radius 2 is 2.17 bits per heavy atom. The number of benzene rings is 1. The van der Waals surface area contributed by atoms with Gasteiger partial charge in [0.15, 0.2) is 0 Å². The Morgan fingerprint density at radius 1 is 1.44 bits per heavy atom. The van der Waals surface area contributed by atoms with Crippen LogP contribution in [0.3, 0.4) is 0 Å². The third kappa shape index (κ3) is 5.29. The van der Waals surface area contributed by atoms with Crippen molar-refractivity contribution in [3.63, 3.8) is 0 Å². The molecule has 0 aromatic heterocycles. The van der Waals surface area contributed by atoms with E-state index < -0.39 is 6.61 Å². The summed E-state index contributed by atoms with van der Waals surface area (Å²) in [7, 11) is 0. The number of hydrogen-bond donors (Lipinski definition) is 2. The largest absolute Gasteiger partial charge is 0.434 e. The molecule has 0 heterocycles. The van der Waals surface area contributed by atoms with Crippen molar-refractivity contribution < 1.29 is 18.6 Å². The van der Waals surface area contributed by atoms with E-state index in [4.69, 9.17) is 5.11 Å². The Labute approximate surface area is 113 Å². The number of ether oxygens (including phenoxy) is 1. The molecule has 0 spiro atoms. The van der Waals surface area contributed by atoms with Crippen LogP contribution in [0.25, 0.3) is 0 Å². The molecule has 0 saturated heterocycles. The first-order valence-corrected chi connectivity index (χ1v) is 6.39. The highest BCUT2D eigenvalue weighted by atomic mass is 79.9. The van der Waals surface area contributed by atoms with Gasteiger partial charge in [-0.05, 0) is 47.0 Å². The third-order valence-corrected chi connectivity index (χ3v) is 3.05. The Morgan fingerprint density at radius 3 is 2.72 bits per heavy atom. The van der Waals surface area contributed by atoms with Crippen LogP contribution in [0, 0.1) is 0 Å². The summed E-state index contributed by atoms with van der Waals surface area (Å²) in [6, 6.07) is 5.16. The summed E-state index contributed by atoms with van der Waals surface area (Å²) in [6.07, 6.45) is 0.674. The van der Waals surface area contributed by atoms with Crippen molar-refractivity contribution in [3.05, 3.63) is 28.2 Å². The molecular formula is C12H16BrF2NO2. The van der Waals surface area contributed by atoms with Crippen molar-refractivity contribution >= 4 is 15.9 Å². The lowest BCUT2D eigenvalue weighted by molar-refractivity contribution is -0.0503. The molecule has 1 atom stereocenters. The van der Waals surface area contributed by atoms with Gasteiger partial charge in [-0.3, -0.25) is 0 Å². The summed E-state index contributed by atoms with van der Waals surface area (Å²) in [4.78, 5) is 0. The molecule has 0 aliphatic heterocycles. The first kappa shape index (κ1) is 15.3. The van der Waals surface area contributed by atoms with Crippen molar-refractivity contribution in [1.29, 1.82) is 0 Å². The molecule has 3 nitrogen and oxygen atoms in total. The number of hydrogen-bond acceptors (Lipinski definition) is 3. The van der Waals surface area contributed by atoms with E-state index in [2.05, 4.69) is 26.0 Å². The predicted octanol–water partition coefficient (Wildman–Crippen LogP) is 2.91. The summed E-state index contributed by atoms with van der Waals surface area (Å²) < 4.78 is 28.9. The zero-order valence-corrected chi connectivity index (χ0v) is 11.6. The van der Waals surface area contributed by atoms with Crippen LogP contribution in [0.5, 0.6) is 5.75 Å². The molecule has 1 aromatic rings. The lowest BCUT2D eigenvalue weighted by Gasteiger charge is -2.13. The second-order valence-corrected chi connectivity index (χ2v) is 4.79. The van der Waals surface area contributed by atoms with Crippen LogP contribution in [0.1, 0.15) is 18.9 Å². The second-order valence-electron chi connectivity index (χ2n) is 3.94. The minimum absolute atomic E-state index is 0.122. The van der Waals surface area contributed by atoms with E-state index in [1.165, 1.54) is 6.07 Å². The standard InChI is InChI=1S/C12H16BrF2NO2/c1-8(4-5-17)16-7-9-2-3-11(10(13)6-9)18-12(14)15/h2-3,6,8,12,16-17H,4-5,7H2,1H3. The normalized spacial score (nSPS) is 12.8. The quantitative estimate of drug-likeness (QED) is 0.810. The summed E-state index contributed by atoms with van der Waals surface area (Å²) >= 11 is 3.19. The number of aliphatic hydroxyl groups excluding tert-OH is 1. The number of nitrogens with one attached hydrogen (secondary N) is 1. The van der Waals surface area contributed by atoms with E-state index in [0.717, 1.165) is 5.56 Å². The molecule has 0 bridgehead atoms. The molecule has 0 aliphatic carbocycles. The molecule has 0 aliphatic rings. The molecular weight excluding hydrogens is 308 g/mol. The molecule has 1 rings (SSSR count). The fourth-order valence-corrected chi connectivity index (χ4v) is 1.95. The molecule has 2 N–H and O–H groups in total. The van der Waals surface area contributed by atoms with Crippen molar-refractivity contribution in [2.75, 3.05) is 6.61 Å². The molecule has 0 amide bonds. The first-order chi connectivity index (χ1) is 8.52. The number of halogens is 3. The highest BCUT2D eigenvalue weighted by Crippen LogP contribution is 2.27. The zero-order valence-electron chi connectivity index (χ0n) is 10.00. The highest BCUT2D eigenvalue weighted by molar-refractivity contribution is 9.10. The van der Waals surface area contributed by atoms with Crippen LogP contribution >= 0.6 is 15.9 Å². The van der Waals surface area contributed by atoms with Gasteiger partial charge in [-0.1, -0.05) is 6.07 Å². The topological polar surface area (TPSA) is 41.5 Å². The summed E-state index contributed by atoms with van der Waals surface area (Å²) in [5.41, 5.74) is 0.952. The smallest absolute Gasteiger partial charge is 0.387 e. The van der Waals surface area contributed by atoms with Crippen LogP contribution in [-0.2, 0) is 6.54 Å². The van der Waals surface area contributed by atoms with Gasteiger partial charge >= 0.3 is 6.61 Å². The zero-order chi connectivity index (χ0) is 13.5. The van der Waals surface area contributed by atoms with E-state index in [-0.39, 0.29) is 18.4 Å². The van der Waals surface area contributed by atoms with E-state index in [1.54, 1.807) is 12.1 Å². The van der Waals surface area contributed by atoms with E-state index in [0.29, 0.717) is 17.4 Å². The molecule has 0 saturated carbocycles. The maximum absolute atomic E-state index is 12.1.